The van der Waals surface area contributed by atoms with Crippen molar-refractivity contribution in [1.82, 2.24) is 10.3 Å². The van der Waals surface area contributed by atoms with Crippen LogP contribution in [0.3, 0.4) is 0 Å². The van der Waals surface area contributed by atoms with Crippen molar-refractivity contribution in [3.63, 3.8) is 0 Å². The third-order valence-electron chi connectivity index (χ3n) is 2.90. The molecule has 108 valence electrons. The second-order valence-electron chi connectivity index (χ2n) is 4.90. The molecule has 0 fully saturated rings. The van der Waals surface area contributed by atoms with Gasteiger partial charge < -0.3 is 5.32 Å². The van der Waals surface area contributed by atoms with Crippen LogP contribution < -0.4 is 5.32 Å². The smallest absolute Gasteiger partial charge is 0.311 e. The Morgan fingerprint density at radius 1 is 1.26 bits per heavy atom. The van der Waals surface area contributed by atoms with Crippen LogP contribution in [0.5, 0.6) is 0 Å². The van der Waals surface area contributed by atoms with E-state index in [2.05, 4.69) is 31.1 Å². The van der Waals surface area contributed by atoms with Crippen LogP contribution in [0.25, 0.3) is 0 Å². The second kappa shape index (κ2) is 6.61. The van der Waals surface area contributed by atoms with Crippen molar-refractivity contribution in [3.8, 4) is 0 Å². The Morgan fingerprint density at radius 3 is 2.42 bits per heavy atom. The Balaban J connectivity index is 2.39. The van der Waals surface area contributed by atoms with E-state index in [1.165, 1.54) is 17.8 Å². The summed E-state index contributed by atoms with van der Waals surface area (Å²) < 4.78 is 37.0. The largest absolute Gasteiger partial charge is 0.417 e. The zero-order valence-corrected chi connectivity index (χ0v) is 12.2. The highest BCUT2D eigenvalue weighted by atomic mass is 32.2. The Morgan fingerprint density at radius 2 is 1.95 bits per heavy atom. The van der Waals surface area contributed by atoms with Crippen LogP contribution >= 0.6 is 11.8 Å². The maximum atomic E-state index is 12.3. The summed E-state index contributed by atoms with van der Waals surface area (Å²) in [5, 5.41) is 4.00. The number of aromatic nitrogens is 1. The first-order chi connectivity index (χ1) is 8.74. The third-order valence-corrected chi connectivity index (χ3v) is 3.85. The number of nitrogens with zero attached hydrogens (tertiary/aromatic N) is 1. The monoisotopic (exact) mass is 292 g/mol. The minimum absolute atomic E-state index is 0.0914. The lowest BCUT2D eigenvalue weighted by Crippen LogP contribution is -2.39. The van der Waals surface area contributed by atoms with E-state index >= 15 is 0 Å². The molecular formula is C13H19F3N2S. The van der Waals surface area contributed by atoms with Gasteiger partial charge in [-0.25, -0.2) is 4.98 Å². The molecule has 0 amide bonds. The molecule has 0 bridgehead atoms. The van der Waals surface area contributed by atoms with Crippen molar-refractivity contribution in [1.29, 1.82) is 0 Å². The highest BCUT2D eigenvalue weighted by molar-refractivity contribution is 7.99. The molecule has 0 aliphatic rings. The highest BCUT2D eigenvalue weighted by Gasteiger charge is 2.30. The molecule has 0 saturated heterocycles. The summed E-state index contributed by atoms with van der Waals surface area (Å²) in [6.07, 6.45) is -2.41. The van der Waals surface area contributed by atoms with E-state index in [1.807, 2.05) is 0 Å². The van der Waals surface area contributed by atoms with Crippen LogP contribution in [0.15, 0.2) is 23.4 Å². The fourth-order valence-electron chi connectivity index (χ4n) is 1.30. The molecule has 6 heteroatoms. The summed E-state index contributed by atoms with van der Waals surface area (Å²) >= 11 is 1.45. The van der Waals surface area contributed by atoms with Gasteiger partial charge in [-0.05, 0) is 32.4 Å². The van der Waals surface area contributed by atoms with Gasteiger partial charge in [-0.15, -0.1) is 11.8 Å². The molecular weight excluding hydrogens is 273 g/mol. The standard InChI is InChI=1S/C13H19F3N2S/c1-4-12(2,3)18-7-8-19-11-6-5-10(9-17-11)13(14,15)16/h5-6,9,18H,4,7-8H2,1-3H3. The number of nitrogens with one attached hydrogen (secondary N) is 1. The zero-order valence-electron chi connectivity index (χ0n) is 11.3. The first-order valence-corrected chi connectivity index (χ1v) is 7.14. The van der Waals surface area contributed by atoms with E-state index in [9.17, 15) is 13.2 Å². The molecule has 0 saturated carbocycles. The van der Waals surface area contributed by atoms with Gasteiger partial charge in [-0.1, -0.05) is 6.92 Å². The van der Waals surface area contributed by atoms with Gasteiger partial charge in [0, 0.05) is 24.0 Å². The molecule has 0 spiro atoms. The fourth-order valence-corrected chi connectivity index (χ4v) is 2.01. The van der Waals surface area contributed by atoms with Crippen LogP contribution in [0.1, 0.15) is 32.8 Å². The van der Waals surface area contributed by atoms with E-state index in [4.69, 9.17) is 0 Å². The van der Waals surface area contributed by atoms with Gasteiger partial charge in [0.05, 0.1) is 10.6 Å². The average molecular weight is 292 g/mol. The molecule has 1 heterocycles. The Kier molecular flexibility index (Phi) is 5.67. The first-order valence-electron chi connectivity index (χ1n) is 6.16. The molecule has 1 N–H and O–H groups in total. The van der Waals surface area contributed by atoms with Crippen molar-refractivity contribution in [2.24, 2.45) is 0 Å². The lowest BCUT2D eigenvalue weighted by atomic mass is 10.0. The first kappa shape index (κ1) is 16.3. The summed E-state index contributed by atoms with van der Waals surface area (Å²) in [6.45, 7) is 7.15. The van der Waals surface area contributed by atoms with Crippen LogP contribution in [-0.4, -0.2) is 22.8 Å². The highest BCUT2D eigenvalue weighted by Crippen LogP contribution is 2.29. The lowest BCUT2D eigenvalue weighted by Gasteiger charge is -2.24. The number of alkyl halides is 3. The average Bonchev–Trinajstić information content (AvgIpc) is 2.34. The van der Waals surface area contributed by atoms with Gasteiger partial charge in [0.15, 0.2) is 0 Å². The number of pyridine rings is 1. The summed E-state index contributed by atoms with van der Waals surface area (Å²) in [5.41, 5.74) is -0.615. The van der Waals surface area contributed by atoms with E-state index in [-0.39, 0.29) is 5.54 Å². The Labute approximate surface area is 116 Å². The van der Waals surface area contributed by atoms with Crippen LogP contribution in [0.2, 0.25) is 0 Å². The van der Waals surface area contributed by atoms with E-state index in [0.29, 0.717) is 5.03 Å². The molecule has 1 aromatic rings. The minimum Gasteiger partial charge on any atom is -0.311 e. The number of thioether (sulfide) groups is 1. The van der Waals surface area contributed by atoms with Gasteiger partial charge in [0.2, 0.25) is 0 Å². The normalized spacial score (nSPS) is 12.7. The number of hydrogen-bond donors (Lipinski definition) is 1. The van der Waals surface area contributed by atoms with Gasteiger partial charge >= 0.3 is 6.18 Å². The predicted octanol–water partition coefficient (Wildman–Crippen LogP) is 3.97. The van der Waals surface area contributed by atoms with Crippen molar-refractivity contribution in [2.75, 3.05) is 12.3 Å². The number of halogens is 3. The number of rotatable bonds is 6. The molecule has 0 aliphatic carbocycles. The Hall–Kier alpha value is -0.750. The second-order valence-corrected chi connectivity index (χ2v) is 6.01. The molecule has 0 unspecified atom stereocenters. The summed E-state index contributed by atoms with van der Waals surface area (Å²) in [4.78, 5) is 3.81. The molecule has 0 radical (unpaired) electrons. The van der Waals surface area contributed by atoms with Crippen LogP contribution in [0.4, 0.5) is 13.2 Å². The molecule has 1 rings (SSSR count). The van der Waals surface area contributed by atoms with Crippen LogP contribution in [0, 0.1) is 0 Å². The fraction of sp³-hybridized carbons (Fsp3) is 0.615. The van der Waals surface area contributed by atoms with E-state index in [0.717, 1.165) is 31.0 Å². The van der Waals surface area contributed by atoms with Gasteiger partial charge in [-0.2, -0.15) is 13.2 Å². The van der Waals surface area contributed by atoms with E-state index in [1.54, 1.807) is 0 Å². The number of hydrogen-bond acceptors (Lipinski definition) is 3. The van der Waals surface area contributed by atoms with Gasteiger partial charge in [0.25, 0.3) is 0 Å². The van der Waals surface area contributed by atoms with Crippen molar-refractivity contribution < 1.29 is 13.2 Å². The van der Waals surface area contributed by atoms with Crippen molar-refractivity contribution in [3.05, 3.63) is 23.9 Å². The molecule has 0 atom stereocenters. The van der Waals surface area contributed by atoms with Crippen LogP contribution in [-0.2, 0) is 6.18 Å². The minimum atomic E-state index is -4.32. The third kappa shape index (κ3) is 5.82. The maximum absolute atomic E-state index is 12.3. The molecule has 1 aromatic heterocycles. The SMILES string of the molecule is CCC(C)(C)NCCSc1ccc(C(F)(F)F)cn1. The van der Waals surface area contributed by atoms with Crippen molar-refractivity contribution in [2.45, 2.75) is 43.9 Å². The van der Waals surface area contributed by atoms with Crippen molar-refractivity contribution >= 4 is 11.8 Å². The zero-order chi connectivity index (χ0) is 14.5. The summed E-state index contributed by atoms with van der Waals surface area (Å²) in [6, 6.07) is 2.48. The summed E-state index contributed by atoms with van der Waals surface area (Å²) in [5.74, 6) is 0.780. The summed E-state index contributed by atoms with van der Waals surface area (Å²) in [7, 11) is 0. The van der Waals surface area contributed by atoms with E-state index < -0.39 is 11.7 Å². The maximum Gasteiger partial charge on any atom is 0.417 e. The topological polar surface area (TPSA) is 24.9 Å². The quantitative estimate of drug-likeness (QED) is 0.634. The molecule has 19 heavy (non-hydrogen) atoms. The molecule has 0 aliphatic heterocycles. The molecule has 0 aromatic carbocycles. The lowest BCUT2D eigenvalue weighted by molar-refractivity contribution is -0.137. The van der Waals surface area contributed by atoms with Gasteiger partial charge in [0.1, 0.15) is 0 Å². The predicted molar refractivity (Wildman–Crippen MR) is 72.3 cm³/mol. The molecule has 2 nitrogen and oxygen atoms in total. The van der Waals surface area contributed by atoms with Gasteiger partial charge in [-0.3, -0.25) is 0 Å². The Bertz CT molecular complexity index is 388.